The molecule has 0 aromatic carbocycles. The number of aliphatic hydroxyl groups is 2. The summed E-state index contributed by atoms with van der Waals surface area (Å²) >= 11 is 0. The Morgan fingerprint density at radius 1 is 1.40 bits per heavy atom. The van der Waals surface area contributed by atoms with Crippen molar-refractivity contribution in [2.75, 3.05) is 0 Å². The predicted octanol–water partition coefficient (Wildman–Crippen LogP) is -2.37. The van der Waals surface area contributed by atoms with Gasteiger partial charge in [0.1, 0.15) is 0 Å². The largest absolute Gasteiger partial charge is 0.351 e. The number of carbonyl (C=O) groups is 2. The number of urea groups is 2. The summed E-state index contributed by atoms with van der Waals surface area (Å²) in [6.45, 7) is 0. The third kappa shape index (κ3) is 4.81. The van der Waals surface area contributed by atoms with E-state index in [4.69, 9.17) is 10.2 Å². The molecular weight excluding hydrogens is 142 g/mol. The molecule has 0 atom stereocenters. The van der Waals surface area contributed by atoms with E-state index in [1.165, 1.54) is 5.32 Å². The zero-order chi connectivity index (χ0) is 8.15. The van der Waals surface area contributed by atoms with Crippen LogP contribution in [0.5, 0.6) is 0 Å². The fraction of sp³-hybridized carbons (Fsp3) is 0.333. The monoisotopic (exact) mass is 149 g/mol. The molecule has 0 rings (SSSR count). The van der Waals surface area contributed by atoms with Crippen LogP contribution in [0.3, 0.4) is 0 Å². The molecule has 0 aliphatic heterocycles. The van der Waals surface area contributed by atoms with Gasteiger partial charge in [-0.1, -0.05) is 0 Å². The Kier molecular flexibility index (Phi) is 3.15. The lowest BCUT2D eigenvalue weighted by molar-refractivity contribution is -0.0552. The van der Waals surface area contributed by atoms with E-state index in [9.17, 15) is 9.59 Å². The van der Waals surface area contributed by atoms with Crippen LogP contribution in [-0.2, 0) is 0 Å². The van der Waals surface area contributed by atoms with Gasteiger partial charge in [-0.25, -0.2) is 9.59 Å². The molecular formula is C3H7N3O4. The van der Waals surface area contributed by atoms with Crippen molar-refractivity contribution in [2.45, 2.75) is 6.41 Å². The van der Waals surface area contributed by atoms with Crippen molar-refractivity contribution < 1.29 is 19.8 Å². The summed E-state index contributed by atoms with van der Waals surface area (Å²) < 4.78 is 0. The van der Waals surface area contributed by atoms with Gasteiger partial charge in [-0.15, -0.1) is 0 Å². The van der Waals surface area contributed by atoms with E-state index < -0.39 is 18.5 Å². The second kappa shape index (κ2) is 3.64. The molecule has 6 N–H and O–H groups in total. The van der Waals surface area contributed by atoms with Gasteiger partial charge in [0.2, 0.25) is 6.41 Å². The number of nitrogens with two attached hydrogens (primary N) is 1. The summed E-state index contributed by atoms with van der Waals surface area (Å²) in [6.07, 6.45) is -2.00. The first-order valence-electron chi connectivity index (χ1n) is 2.25. The van der Waals surface area contributed by atoms with Crippen molar-refractivity contribution in [2.24, 2.45) is 5.73 Å². The molecule has 0 heterocycles. The number of rotatable bonds is 1. The topological polar surface area (TPSA) is 125 Å². The molecule has 0 aromatic rings. The molecule has 0 saturated heterocycles. The summed E-state index contributed by atoms with van der Waals surface area (Å²) in [7, 11) is 0. The molecule has 0 aliphatic carbocycles. The molecule has 7 nitrogen and oxygen atoms in total. The normalized spacial score (nSPS) is 9.10. The van der Waals surface area contributed by atoms with E-state index in [2.05, 4.69) is 5.73 Å². The summed E-state index contributed by atoms with van der Waals surface area (Å²) in [6, 6.07) is -2.14. The molecule has 7 heteroatoms. The van der Waals surface area contributed by atoms with Crippen LogP contribution in [0.1, 0.15) is 0 Å². The van der Waals surface area contributed by atoms with Gasteiger partial charge in [-0.2, -0.15) is 0 Å². The van der Waals surface area contributed by atoms with Crippen molar-refractivity contribution >= 4 is 12.1 Å². The standard InChI is InChI=1S/C3H7N3O4/c4-1(7)5-2(8)6-3(9)10/h3,9-10H,(H4,4,5,6,7,8). The number of hydrogen-bond donors (Lipinski definition) is 5. The minimum absolute atomic E-state index is 1.07. The minimum Gasteiger partial charge on any atom is -0.351 e. The molecule has 4 amide bonds. The molecule has 10 heavy (non-hydrogen) atoms. The van der Waals surface area contributed by atoms with Gasteiger partial charge >= 0.3 is 12.1 Å². The van der Waals surface area contributed by atoms with Gasteiger partial charge in [-0.05, 0) is 0 Å². The molecule has 0 bridgehead atoms. The van der Waals surface area contributed by atoms with Crippen molar-refractivity contribution in [3.05, 3.63) is 0 Å². The lowest BCUT2D eigenvalue weighted by atomic mass is 10.8. The maximum absolute atomic E-state index is 10.2. The van der Waals surface area contributed by atoms with Crippen LogP contribution < -0.4 is 16.4 Å². The lowest BCUT2D eigenvalue weighted by Gasteiger charge is -2.04. The Balaban J connectivity index is 3.54. The Bertz CT molecular complexity index is 145. The summed E-state index contributed by atoms with van der Waals surface area (Å²) in [5.41, 5.74) is 4.49. The quantitative estimate of drug-likeness (QED) is 0.267. The van der Waals surface area contributed by atoms with Crippen LogP contribution in [0, 0.1) is 0 Å². The highest BCUT2D eigenvalue weighted by Gasteiger charge is 2.05. The summed E-state index contributed by atoms with van der Waals surface area (Å²) in [4.78, 5) is 20.1. The van der Waals surface area contributed by atoms with E-state index in [-0.39, 0.29) is 0 Å². The van der Waals surface area contributed by atoms with Crippen LogP contribution in [0.15, 0.2) is 0 Å². The van der Waals surface area contributed by atoms with E-state index >= 15 is 0 Å². The summed E-state index contributed by atoms with van der Waals surface area (Å²) in [5.74, 6) is 0. The van der Waals surface area contributed by atoms with E-state index in [0.29, 0.717) is 0 Å². The maximum Gasteiger partial charge on any atom is 0.326 e. The first kappa shape index (κ1) is 8.66. The fourth-order valence-corrected chi connectivity index (χ4v) is 0.265. The molecule has 0 unspecified atom stereocenters. The number of carbonyl (C=O) groups excluding carboxylic acids is 2. The van der Waals surface area contributed by atoms with Gasteiger partial charge < -0.3 is 15.9 Å². The number of nitrogens with one attached hydrogen (secondary N) is 2. The Morgan fingerprint density at radius 2 is 1.90 bits per heavy atom. The van der Waals surface area contributed by atoms with Crippen molar-refractivity contribution in [1.29, 1.82) is 0 Å². The van der Waals surface area contributed by atoms with E-state index in [0.717, 1.165) is 0 Å². The van der Waals surface area contributed by atoms with Gasteiger partial charge in [-0.3, -0.25) is 10.6 Å². The number of primary amides is 1. The second-order valence-corrected chi connectivity index (χ2v) is 1.34. The zero-order valence-electron chi connectivity index (χ0n) is 4.87. The molecule has 0 aromatic heterocycles. The fourth-order valence-electron chi connectivity index (χ4n) is 0.265. The predicted molar refractivity (Wildman–Crippen MR) is 29.5 cm³/mol. The number of amides is 4. The van der Waals surface area contributed by atoms with Crippen LogP contribution in [0.4, 0.5) is 9.59 Å². The molecule has 0 fully saturated rings. The number of hydrogen-bond acceptors (Lipinski definition) is 4. The van der Waals surface area contributed by atoms with E-state index in [1.807, 2.05) is 0 Å². The zero-order valence-corrected chi connectivity index (χ0v) is 4.87. The number of aliphatic hydroxyl groups excluding tert-OH is 1. The van der Waals surface area contributed by atoms with Crippen LogP contribution in [-0.4, -0.2) is 28.7 Å². The Morgan fingerprint density at radius 3 is 2.20 bits per heavy atom. The molecule has 0 radical (unpaired) electrons. The molecule has 0 saturated carbocycles. The van der Waals surface area contributed by atoms with Crippen LogP contribution in [0.2, 0.25) is 0 Å². The highest BCUT2D eigenvalue weighted by molar-refractivity contribution is 5.92. The highest BCUT2D eigenvalue weighted by atomic mass is 16.5. The minimum atomic E-state index is -2.00. The molecule has 0 spiro atoms. The highest BCUT2D eigenvalue weighted by Crippen LogP contribution is 1.67. The third-order valence-corrected chi connectivity index (χ3v) is 0.497. The van der Waals surface area contributed by atoms with Crippen molar-refractivity contribution in [3.63, 3.8) is 0 Å². The third-order valence-electron chi connectivity index (χ3n) is 0.497. The average Bonchev–Trinajstić information content (AvgIpc) is 1.58. The van der Waals surface area contributed by atoms with Crippen molar-refractivity contribution in [1.82, 2.24) is 10.6 Å². The summed E-state index contributed by atoms with van der Waals surface area (Å²) in [5, 5.41) is 19.2. The van der Waals surface area contributed by atoms with Crippen LogP contribution in [0.25, 0.3) is 0 Å². The van der Waals surface area contributed by atoms with Crippen LogP contribution >= 0.6 is 0 Å². The van der Waals surface area contributed by atoms with Gasteiger partial charge in [0.15, 0.2) is 0 Å². The SMILES string of the molecule is NC(=O)NC(=O)NC(O)O. The first-order valence-corrected chi connectivity index (χ1v) is 2.25. The van der Waals surface area contributed by atoms with Gasteiger partial charge in [0.25, 0.3) is 0 Å². The van der Waals surface area contributed by atoms with Gasteiger partial charge in [0, 0.05) is 0 Å². The molecule has 58 valence electrons. The number of imide groups is 1. The first-order chi connectivity index (χ1) is 4.52. The Labute approximate surface area is 55.8 Å². The molecule has 0 aliphatic rings. The smallest absolute Gasteiger partial charge is 0.326 e. The maximum atomic E-state index is 10.2. The lowest BCUT2D eigenvalue weighted by Crippen LogP contribution is -2.46. The second-order valence-electron chi connectivity index (χ2n) is 1.34. The average molecular weight is 149 g/mol. The van der Waals surface area contributed by atoms with Gasteiger partial charge in [0.05, 0.1) is 0 Å². The van der Waals surface area contributed by atoms with E-state index in [1.54, 1.807) is 5.32 Å². The Hall–Kier alpha value is -1.34. The van der Waals surface area contributed by atoms with Crippen molar-refractivity contribution in [3.8, 4) is 0 Å².